The highest BCUT2D eigenvalue weighted by molar-refractivity contribution is 5.65. The first-order valence-electron chi connectivity index (χ1n) is 3.86. The highest BCUT2D eigenvalue weighted by Gasteiger charge is 2.26. The fourth-order valence-corrected chi connectivity index (χ4v) is 1.42. The van der Waals surface area contributed by atoms with Gasteiger partial charge in [-0.1, -0.05) is 6.92 Å². The number of carbonyl (C=O) groups is 1. The molecule has 1 heterocycles. The summed E-state index contributed by atoms with van der Waals surface area (Å²) in [5, 5.41) is 8.64. The fraction of sp³-hybridized carbons (Fsp3) is 0.857. The minimum Gasteiger partial charge on any atom is -0.465 e. The fourth-order valence-electron chi connectivity index (χ4n) is 1.42. The average Bonchev–Trinajstić information content (AvgIpc) is 1.85. The predicted octanol–water partition coefficient (Wildman–Crippen LogP) is 0.681. The average molecular weight is 158 g/mol. The van der Waals surface area contributed by atoms with E-state index in [4.69, 9.17) is 10.8 Å². The number of amides is 1. The van der Waals surface area contributed by atoms with Crippen molar-refractivity contribution in [3.63, 3.8) is 0 Å². The van der Waals surface area contributed by atoms with Gasteiger partial charge in [-0.05, 0) is 18.8 Å². The topological polar surface area (TPSA) is 66.6 Å². The highest BCUT2D eigenvalue weighted by Crippen LogP contribution is 2.18. The van der Waals surface area contributed by atoms with Gasteiger partial charge in [0.1, 0.15) is 0 Å². The van der Waals surface area contributed by atoms with E-state index in [1.807, 2.05) is 0 Å². The predicted molar refractivity (Wildman–Crippen MR) is 41.1 cm³/mol. The van der Waals surface area contributed by atoms with Crippen LogP contribution in [-0.4, -0.2) is 28.8 Å². The van der Waals surface area contributed by atoms with Gasteiger partial charge in [-0.15, -0.1) is 0 Å². The van der Waals surface area contributed by atoms with Crippen LogP contribution in [0.5, 0.6) is 0 Å². The molecule has 1 amide bonds. The zero-order chi connectivity index (χ0) is 8.43. The van der Waals surface area contributed by atoms with Crippen LogP contribution in [0.2, 0.25) is 0 Å². The van der Waals surface area contributed by atoms with Gasteiger partial charge in [-0.2, -0.15) is 0 Å². The van der Waals surface area contributed by atoms with Crippen LogP contribution in [-0.2, 0) is 0 Å². The zero-order valence-corrected chi connectivity index (χ0v) is 6.66. The maximum Gasteiger partial charge on any atom is 0.408 e. The first-order valence-corrected chi connectivity index (χ1v) is 3.86. The van der Waals surface area contributed by atoms with E-state index in [1.165, 1.54) is 4.90 Å². The first-order chi connectivity index (χ1) is 5.11. The first kappa shape index (κ1) is 8.33. The van der Waals surface area contributed by atoms with Crippen LogP contribution < -0.4 is 5.73 Å². The summed E-state index contributed by atoms with van der Waals surface area (Å²) in [6, 6.07) is 0. The molecule has 1 aliphatic rings. The molecule has 0 bridgehead atoms. The van der Waals surface area contributed by atoms with Crippen LogP contribution in [0.3, 0.4) is 0 Å². The third kappa shape index (κ3) is 1.83. The molecule has 1 aliphatic heterocycles. The molecule has 64 valence electrons. The van der Waals surface area contributed by atoms with Crippen LogP contribution in [0, 0.1) is 5.92 Å². The third-order valence-corrected chi connectivity index (χ3v) is 2.15. The Kier molecular flexibility index (Phi) is 2.34. The molecule has 0 aromatic rings. The van der Waals surface area contributed by atoms with Gasteiger partial charge in [0.2, 0.25) is 0 Å². The summed E-state index contributed by atoms with van der Waals surface area (Å²) < 4.78 is 0. The van der Waals surface area contributed by atoms with Crippen molar-refractivity contribution in [2.75, 3.05) is 6.54 Å². The Hall–Kier alpha value is -0.770. The normalized spacial score (nSPS) is 32.0. The summed E-state index contributed by atoms with van der Waals surface area (Å²) in [6.07, 6.45) is 0.521. The summed E-state index contributed by atoms with van der Waals surface area (Å²) in [5.74, 6) is 0.556. The van der Waals surface area contributed by atoms with Crippen LogP contribution in [0.15, 0.2) is 0 Å². The Bertz CT molecular complexity index is 161. The molecule has 1 rings (SSSR count). The van der Waals surface area contributed by atoms with Crippen molar-refractivity contribution in [1.82, 2.24) is 4.90 Å². The third-order valence-electron chi connectivity index (χ3n) is 2.15. The number of likely N-dealkylation sites (tertiary alicyclic amines) is 1. The monoisotopic (exact) mass is 158 g/mol. The largest absolute Gasteiger partial charge is 0.465 e. The van der Waals surface area contributed by atoms with Gasteiger partial charge in [0, 0.05) is 6.54 Å². The Morgan fingerprint density at radius 2 is 2.36 bits per heavy atom. The van der Waals surface area contributed by atoms with E-state index in [-0.39, 0.29) is 6.17 Å². The molecule has 3 N–H and O–H groups in total. The minimum absolute atomic E-state index is 0.295. The smallest absolute Gasteiger partial charge is 0.408 e. The van der Waals surface area contributed by atoms with Gasteiger partial charge in [0.05, 0.1) is 6.17 Å². The highest BCUT2D eigenvalue weighted by atomic mass is 16.4. The second kappa shape index (κ2) is 3.09. The van der Waals surface area contributed by atoms with Crippen molar-refractivity contribution in [3.8, 4) is 0 Å². The Labute approximate surface area is 66.0 Å². The molecule has 2 unspecified atom stereocenters. The standard InChI is InChI=1S/C7H14N2O2/c1-5-2-3-9(7(10)11)6(8)4-5/h5-6H,2-4,8H2,1H3,(H,10,11). The van der Waals surface area contributed by atoms with Crippen molar-refractivity contribution < 1.29 is 9.90 Å². The molecule has 0 saturated carbocycles. The number of nitrogens with two attached hydrogens (primary N) is 1. The van der Waals surface area contributed by atoms with Crippen LogP contribution in [0.25, 0.3) is 0 Å². The van der Waals surface area contributed by atoms with Gasteiger partial charge in [-0.25, -0.2) is 4.79 Å². The number of nitrogens with zero attached hydrogens (tertiary/aromatic N) is 1. The lowest BCUT2D eigenvalue weighted by atomic mass is 9.97. The van der Waals surface area contributed by atoms with Gasteiger partial charge in [0.25, 0.3) is 0 Å². The second-order valence-corrected chi connectivity index (χ2v) is 3.17. The zero-order valence-electron chi connectivity index (χ0n) is 6.66. The summed E-state index contributed by atoms with van der Waals surface area (Å²) in [7, 11) is 0. The molecule has 0 radical (unpaired) electrons. The molecule has 0 spiro atoms. The molecule has 0 aromatic heterocycles. The van der Waals surface area contributed by atoms with Gasteiger partial charge >= 0.3 is 6.09 Å². The molecule has 1 fully saturated rings. The molecule has 0 aliphatic carbocycles. The lowest BCUT2D eigenvalue weighted by Crippen LogP contribution is -2.49. The maximum absolute atomic E-state index is 10.5. The molecule has 11 heavy (non-hydrogen) atoms. The van der Waals surface area contributed by atoms with Crippen molar-refractivity contribution >= 4 is 6.09 Å². The molecular weight excluding hydrogens is 144 g/mol. The van der Waals surface area contributed by atoms with Crippen molar-refractivity contribution in [2.45, 2.75) is 25.9 Å². The summed E-state index contributed by atoms with van der Waals surface area (Å²) >= 11 is 0. The van der Waals surface area contributed by atoms with E-state index in [1.54, 1.807) is 0 Å². The summed E-state index contributed by atoms with van der Waals surface area (Å²) in [6.45, 7) is 2.68. The Morgan fingerprint density at radius 3 is 2.82 bits per heavy atom. The van der Waals surface area contributed by atoms with Gasteiger partial charge in [-0.3, -0.25) is 4.90 Å². The quantitative estimate of drug-likeness (QED) is 0.544. The van der Waals surface area contributed by atoms with E-state index < -0.39 is 6.09 Å². The SMILES string of the molecule is CC1CCN(C(=O)O)C(N)C1. The van der Waals surface area contributed by atoms with Crippen LogP contribution >= 0.6 is 0 Å². The van der Waals surface area contributed by atoms with Crippen LogP contribution in [0.1, 0.15) is 19.8 Å². The van der Waals surface area contributed by atoms with Crippen molar-refractivity contribution in [1.29, 1.82) is 0 Å². The number of hydrogen-bond donors (Lipinski definition) is 2. The number of carboxylic acid groups (broad SMARTS) is 1. The summed E-state index contributed by atoms with van der Waals surface area (Å²) in [4.78, 5) is 11.8. The molecule has 0 aromatic carbocycles. The second-order valence-electron chi connectivity index (χ2n) is 3.17. The lowest BCUT2D eigenvalue weighted by Gasteiger charge is -2.33. The lowest BCUT2D eigenvalue weighted by molar-refractivity contribution is 0.0951. The van der Waals surface area contributed by atoms with Gasteiger partial charge in [0.15, 0.2) is 0 Å². The Morgan fingerprint density at radius 1 is 1.73 bits per heavy atom. The van der Waals surface area contributed by atoms with Crippen molar-refractivity contribution in [3.05, 3.63) is 0 Å². The van der Waals surface area contributed by atoms with Crippen LogP contribution in [0.4, 0.5) is 4.79 Å². The molecule has 1 saturated heterocycles. The van der Waals surface area contributed by atoms with E-state index in [0.717, 1.165) is 12.8 Å². The number of rotatable bonds is 0. The number of piperidine rings is 1. The number of hydrogen-bond acceptors (Lipinski definition) is 2. The van der Waals surface area contributed by atoms with E-state index in [2.05, 4.69) is 6.92 Å². The maximum atomic E-state index is 10.5. The molecule has 4 heteroatoms. The molecule has 4 nitrogen and oxygen atoms in total. The van der Waals surface area contributed by atoms with E-state index >= 15 is 0 Å². The molecular formula is C7H14N2O2. The Balaban J connectivity index is 2.50. The van der Waals surface area contributed by atoms with Crippen molar-refractivity contribution in [2.24, 2.45) is 11.7 Å². The van der Waals surface area contributed by atoms with E-state index in [9.17, 15) is 4.79 Å². The van der Waals surface area contributed by atoms with E-state index in [0.29, 0.717) is 12.5 Å². The summed E-state index contributed by atoms with van der Waals surface area (Å²) in [5.41, 5.74) is 5.62. The molecule has 2 atom stereocenters. The van der Waals surface area contributed by atoms with Gasteiger partial charge < -0.3 is 10.8 Å². The minimum atomic E-state index is -0.899.